The maximum atomic E-state index is 13.5. The molecule has 3 rings (SSSR count). The van der Waals surface area contributed by atoms with E-state index in [0.717, 1.165) is 11.1 Å². The summed E-state index contributed by atoms with van der Waals surface area (Å²) in [6.45, 7) is -0.0469. The van der Waals surface area contributed by atoms with Crippen LogP contribution in [0.25, 0.3) is 10.8 Å². The van der Waals surface area contributed by atoms with Gasteiger partial charge in [0.05, 0.1) is 0 Å². The minimum Gasteiger partial charge on any atom is -0.288 e. The van der Waals surface area contributed by atoms with Gasteiger partial charge < -0.3 is 0 Å². The highest BCUT2D eigenvalue weighted by Gasteiger charge is 2.47. The third kappa shape index (κ3) is 2.64. The maximum absolute atomic E-state index is 13.5. The summed E-state index contributed by atoms with van der Waals surface area (Å²) in [5, 5.41) is 1.56. The summed E-state index contributed by atoms with van der Waals surface area (Å²) in [5.41, 5.74) is 2.14. The van der Waals surface area contributed by atoms with Gasteiger partial charge in [-0.2, -0.15) is 13.2 Å². The summed E-state index contributed by atoms with van der Waals surface area (Å²) in [6.07, 6.45) is -4.59. The van der Waals surface area contributed by atoms with E-state index in [0.29, 0.717) is 5.39 Å². The Morgan fingerprint density at radius 2 is 1.95 bits per heavy atom. The fraction of sp³-hybridized carbons (Fsp3) is 0.267. The van der Waals surface area contributed by atoms with E-state index in [9.17, 15) is 22.4 Å². The van der Waals surface area contributed by atoms with Gasteiger partial charge in [0.1, 0.15) is 5.82 Å². The second-order valence-corrected chi connectivity index (χ2v) is 5.14. The molecule has 3 nitrogen and oxygen atoms in total. The van der Waals surface area contributed by atoms with E-state index in [1.54, 1.807) is 6.07 Å². The topological polar surface area (TPSA) is 32.3 Å². The Labute approximate surface area is 123 Å². The van der Waals surface area contributed by atoms with Crippen molar-refractivity contribution in [2.45, 2.75) is 18.6 Å². The molecule has 0 bridgehead atoms. The summed E-state index contributed by atoms with van der Waals surface area (Å²) in [7, 11) is 0. The van der Waals surface area contributed by atoms with Crippen molar-refractivity contribution in [3.63, 3.8) is 0 Å². The van der Waals surface area contributed by atoms with Crippen LogP contribution in [-0.2, 0) is 4.79 Å². The number of benzene rings is 2. The van der Waals surface area contributed by atoms with Gasteiger partial charge in [-0.25, -0.2) is 9.40 Å². The van der Waals surface area contributed by atoms with Crippen molar-refractivity contribution in [3.05, 3.63) is 47.8 Å². The molecule has 2 aromatic carbocycles. The van der Waals surface area contributed by atoms with Crippen molar-refractivity contribution in [2.75, 3.05) is 6.54 Å². The number of amides is 1. The van der Waals surface area contributed by atoms with Gasteiger partial charge in [-0.1, -0.05) is 24.3 Å². The predicted octanol–water partition coefficient (Wildman–Crippen LogP) is 3.32. The highest BCUT2D eigenvalue weighted by molar-refractivity contribution is 5.86. The van der Waals surface area contributed by atoms with Crippen molar-refractivity contribution in [2.24, 2.45) is 0 Å². The summed E-state index contributed by atoms with van der Waals surface area (Å²) in [5.74, 6) is -1.06. The molecule has 1 aliphatic heterocycles. The Hall–Kier alpha value is -2.15. The molecule has 1 fully saturated rings. The molecule has 0 radical (unpaired) electrons. The maximum Gasteiger partial charge on any atom is 0.409 e. The van der Waals surface area contributed by atoms with Crippen LogP contribution >= 0.6 is 0 Å². The molecule has 1 unspecified atom stereocenters. The highest BCUT2D eigenvalue weighted by atomic mass is 19.4. The molecule has 1 saturated heterocycles. The summed E-state index contributed by atoms with van der Waals surface area (Å²) in [4.78, 5) is 11.3. The molecule has 1 atom stereocenters. The Bertz CT molecular complexity index is 729. The smallest absolute Gasteiger partial charge is 0.288 e. The number of carbonyl (C=O) groups is 1. The van der Waals surface area contributed by atoms with Crippen LogP contribution in [0.1, 0.15) is 18.0 Å². The number of nitrogens with one attached hydrogen (secondary N) is 1. The average molecular weight is 312 g/mol. The minimum atomic E-state index is -4.60. The predicted molar refractivity (Wildman–Crippen MR) is 72.2 cm³/mol. The van der Waals surface area contributed by atoms with Crippen LogP contribution in [0.3, 0.4) is 0 Å². The third-order valence-corrected chi connectivity index (χ3v) is 3.64. The lowest BCUT2D eigenvalue weighted by molar-refractivity contribution is -0.190. The first-order valence-corrected chi connectivity index (χ1v) is 6.67. The van der Waals surface area contributed by atoms with Gasteiger partial charge >= 0.3 is 6.18 Å². The van der Waals surface area contributed by atoms with Crippen molar-refractivity contribution >= 4 is 16.7 Å². The number of rotatable bonds is 2. The second kappa shape index (κ2) is 5.24. The normalized spacial score (nSPS) is 17.7. The molecule has 116 valence electrons. The lowest BCUT2D eigenvalue weighted by Gasteiger charge is -2.30. The number of alkyl halides is 3. The molecule has 1 N–H and O–H groups in total. The number of hydrazine groups is 1. The monoisotopic (exact) mass is 312 g/mol. The Balaban J connectivity index is 2.16. The fourth-order valence-electron chi connectivity index (χ4n) is 2.72. The quantitative estimate of drug-likeness (QED) is 0.863. The van der Waals surface area contributed by atoms with Crippen LogP contribution in [0.5, 0.6) is 0 Å². The molecule has 0 aliphatic carbocycles. The zero-order valence-corrected chi connectivity index (χ0v) is 11.3. The Morgan fingerprint density at radius 1 is 1.18 bits per heavy atom. The molecule has 7 heteroatoms. The molecule has 0 spiro atoms. The zero-order valence-electron chi connectivity index (χ0n) is 11.3. The van der Waals surface area contributed by atoms with Crippen LogP contribution in [0.15, 0.2) is 36.4 Å². The van der Waals surface area contributed by atoms with E-state index in [1.165, 1.54) is 24.3 Å². The molecule has 1 heterocycles. The van der Waals surface area contributed by atoms with Crippen LogP contribution in [0.4, 0.5) is 17.6 Å². The Kier molecular flexibility index (Phi) is 3.52. The number of nitrogens with zero attached hydrogens (tertiary/aromatic N) is 1. The van der Waals surface area contributed by atoms with Crippen molar-refractivity contribution in [3.8, 4) is 0 Å². The third-order valence-electron chi connectivity index (χ3n) is 3.64. The van der Waals surface area contributed by atoms with E-state index in [4.69, 9.17) is 0 Å². The van der Waals surface area contributed by atoms with Crippen LogP contribution < -0.4 is 5.43 Å². The van der Waals surface area contributed by atoms with Gasteiger partial charge in [0.15, 0.2) is 6.04 Å². The SMILES string of the molecule is O=C1CCN(C(c2cccc3ccc(F)cc23)C(F)(F)F)N1. The molecule has 1 amide bonds. The lowest BCUT2D eigenvalue weighted by atomic mass is 9.97. The zero-order chi connectivity index (χ0) is 15.9. The Morgan fingerprint density at radius 3 is 2.59 bits per heavy atom. The minimum absolute atomic E-state index is 0.00566. The van der Waals surface area contributed by atoms with Gasteiger partial charge in [-0.15, -0.1) is 0 Å². The van der Waals surface area contributed by atoms with Crippen LogP contribution in [0, 0.1) is 5.82 Å². The molecule has 2 aromatic rings. The average Bonchev–Trinajstić information content (AvgIpc) is 2.84. The van der Waals surface area contributed by atoms with Crippen LogP contribution in [-0.4, -0.2) is 23.6 Å². The molecular formula is C15H12F4N2O. The molecular weight excluding hydrogens is 300 g/mol. The van der Waals surface area contributed by atoms with E-state index in [2.05, 4.69) is 5.43 Å². The summed E-state index contributed by atoms with van der Waals surface area (Å²) < 4.78 is 54.0. The number of hydrogen-bond donors (Lipinski definition) is 1. The van der Waals surface area contributed by atoms with Gasteiger partial charge in [0, 0.05) is 13.0 Å². The first kappa shape index (κ1) is 14.8. The molecule has 0 saturated carbocycles. The van der Waals surface area contributed by atoms with Crippen molar-refractivity contribution in [1.29, 1.82) is 0 Å². The van der Waals surface area contributed by atoms with E-state index in [1.807, 2.05) is 0 Å². The standard InChI is InChI=1S/C15H12F4N2O/c16-10-5-4-9-2-1-3-11(12(9)8-10)14(15(17,18)19)21-7-6-13(22)20-21/h1-5,8,14H,6-7H2,(H,20,22). The lowest BCUT2D eigenvalue weighted by Crippen LogP contribution is -2.43. The van der Waals surface area contributed by atoms with Gasteiger partial charge in [-0.05, 0) is 28.5 Å². The first-order chi connectivity index (χ1) is 10.4. The number of hydrogen-bond acceptors (Lipinski definition) is 2. The second-order valence-electron chi connectivity index (χ2n) is 5.14. The van der Waals surface area contributed by atoms with Crippen molar-refractivity contribution < 1.29 is 22.4 Å². The number of fused-ring (bicyclic) bond motifs is 1. The van der Waals surface area contributed by atoms with Gasteiger partial charge in [0.2, 0.25) is 5.91 Å². The fourth-order valence-corrected chi connectivity index (χ4v) is 2.72. The van der Waals surface area contributed by atoms with Crippen molar-refractivity contribution in [1.82, 2.24) is 10.4 Å². The summed E-state index contributed by atoms with van der Waals surface area (Å²) in [6, 6.07) is 6.13. The first-order valence-electron chi connectivity index (χ1n) is 6.67. The van der Waals surface area contributed by atoms with Crippen LogP contribution in [0.2, 0.25) is 0 Å². The van der Waals surface area contributed by atoms with Gasteiger partial charge in [0.25, 0.3) is 0 Å². The van der Waals surface area contributed by atoms with E-state index < -0.39 is 23.9 Å². The summed E-state index contributed by atoms with van der Waals surface area (Å²) >= 11 is 0. The largest absolute Gasteiger partial charge is 0.409 e. The highest BCUT2D eigenvalue weighted by Crippen LogP contribution is 2.40. The molecule has 0 aromatic heterocycles. The number of carbonyl (C=O) groups excluding carboxylic acids is 1. The van der Waals surface area contributed by atoms with E-state index in [-0.39, 0.29) is 23.9 Å². The number of halogens is 4. The molecule has 22 heavy (non-hydrogen) atoms. The van der Waals surface area contributed by atoms with Gasteiger partial charge in [-0.3, -0.25) is 10.2 Å². The molecule has 1 aliphatic rings. The van der Waals surface area contributed by atoms with E-state index >= 15 is 0 Å².